The van der Waals surface area contributed by atoms with Crippen LogP contribution in [0.1, 0.15) is 258 Å². The molecule has 0 bridgehead atoms. The molecule has 3 atom stereocenters. The average molecular weight is 871 g/mol. The zero-order chi connectivity index (χ0) is 44.3. The summed E-state index contributed by atoms with van der Waals surface area (Å²) in [5.74, 6) is -0.192. The lowest BCUT2D eigenvalue weighted by Crippen LogP contribution is -2.45. The average Bonchev–Trinajstić information content (AvgIpc) is 3.20. The first kappa shape index (κ1) is 59.2. The van der Waals surface area contributed by atoms with E-state index in [0.717, 1.165) is 38.5 Å². The first-order valence-electron chi connectivity index (χ1n) is 26.1. The minimum atomic E-state index is -4.59. The molecule has 0 fully saturated rings. The molecule has 358 valence electrons. The van der Waals surface area contributed by atoms with Crippen LogP contribution in [0.2, 0.25) is 0 Å². The second kappa shape index (κ2) is 43.5. The largest absolute Gasteiger partial charge is 0.756 e. The van der Waals surface area contributed by atoms with E-state index in [4.69, 9.17) is 9.05 Å². The molecule has 0 aromatic rings. The molecule has 1 amide bonds. The van der Waals surface area contributed by atoms with Crippen LogP contribution in [0, 0.1) is 0 Å². The number of rotatable bonds is 48. The quantitative estimate of drug-likeness (QED) is 0.0273. The Hall–Kier alpha value is -0.760. The second-order valence-corrected chi connectivity index (χ2v) is 20.7. The van der Waals surface area contributed by atoms with Crippen molar-refractivity contribution in [1.29, 1.82) is 0 Å². The van der Waals surface area contributed by atoms with Crippen molar-refractivity contribution in [1.82, 2.24) is 5.32 Å². The Morgan fingerprint density at radius 1 is 0.567 bits per heavy atom. The van der Waals surface area contributed by atoms with Crippen molar-refractivity contribution in [2.45, 2.75) is 270 Å². The number of carbonyl (C=O) groups is 1. The van der Waals surface area contributed by atoms with Crippen LogP contribution in [0.3, 0.4) is 0 Å². The lowest BCUT2D eigenvalue weighted by Gasteiger charge is -2.29. The molecule has 8 nitrogen and oxygen atoms in total. The summed E-state index contributed by atoms with van der Waals surface area (Å²) in [6, 6.07) is -0.880. The summed E-state index contributed by atoms with van der Waals surface area (Å²) in [5.41, 5.74) is 0. The Bertz CT molecular complexity index is 989. The summed E-state index contributed by atoms with van der Waals surface area (Å²) in [6.45, 7) is 4.68. The van der Waals surface area contributed by atoms with Crippen molar-refractivity contribution in [3.63, 3.8) is 0 Å². The SMILES string of the molecule is CCCCCCCCCCCCCCC/C=C/C(O)C(COP(=O)([O-])OCC[N+](C)(C)C)NC(=O)CCCCCCCCCCCCCCCCCCCCCCCCC. The number of nitrogens with one attached hydrogen (secondary N) is 1. The summed E-state index contributed by atoms with van der Waals surface area (Å²) in [4.78, 5) is 25.4. The smallest absolute Gasteiger partial charge is 0.268 e. The van der Waals surface area contributed by atoms with Crippen molar-refractivity contribution >= 4 is 13.7 Å². The summed E-state index contributed by atoms with van der Waals surface area (Å²) in [7, 11) is 1.27. The fourth-order valence-corrected chi connectivity index (χ4v) is 8.58. The summed E-state index contributed by atoms with van der Waals surface area (Å²) in [6.07, 6.45) is 51.2. The third kappa shape index (κ3) is 45.3. The molecule has 0 aromatic carbocycles. The Labute approximate surface area is 373 Å². The number of aliphatic hydroxyl groups excluding tert-OH is 1. The van der Waals surface area contributed by atoms with Crippen LogP contribution in [0.5, 0.6) is 0 Å². The van der Waals surface area contributed by atoms with Gasteiger partial charge in [0.1, 0.15) is 13.2 Å². The van der Waals surface area contributed by atoms with Gasteiger partial charge in [-0.2, -0.15) is 0 Å². The number of hydrogen-bond donors (Lipinski definition) is 2. The van der Waals surface area contributed by atoms with Crippen molar-refractivity contribution in [3.8, 4) is 0 Å². The van der Waals surface area contributed by atoms with Gasteiger partial charge in [-0.25, -0.2) is 0 Å². The van der Waals surface area contributed by atoms with Crippen LogP contribution in [-0.2, 0) is 18.4 Å². The number of likely N-dealkylation sites (N-methyl/N-ethyl adjacent to an activating group) is 1. The Morgan fingerprint density at radius 2 is 0.900 bits per heavy atom. The number of nitrogens with zero attached hydrogens (tertiary/aromatic N) is 1. The molecule has 0 radical (unpaired) electrons. The zero-order valence-electron chi connectivity index (χ0n) is 40.7. The summed E-state index contributed by atoms with van der Waals surface area (Å²) < 4.78 is 23.3. The second-order valence-electron chi connectivity index (χ2n) is 19.2. The van der Waals surface area contributed by atoms with E-state index in [2.05, 4.69) is 19.2 Å². The van der Waals surface area contributed by atoms with Gasteiger partial charge in [0, 0.05) is 6.42 Å². The van der Waals surface area contributed by atoms with Gasteiger partial charge < -0.3 is 28.8 Å². The number of quaternary nitrogens is 1. The van der Waals surface area contributed by atoms with E-state index >= 15 is 0 Å². The van der Waals surface area contributed by atoms with Crippen LogP contribution < -0.4 is 10.2 Å². The molecule has 0 saturated heterocycles. The number of phosphoric acid groups is 1. The van der Waals surface area contributed by atoms with E-state index in [9.17, 15) is 19.4 Å². The van der Waals surface area contributed by atoms with Crippen molar-refractivity contribution in [3.05, 3.63) is 12.2 Å². The fraction of sp³-hybridized carbons (Fsp3) is 0.941. The van der Waals surface area contributed by atoms with E-state index < -0.39 is 20.0 Å². The Morgan fingerprint density at radius 3 is 1.25 bits per heavy atom. The minimum absolute atomic E-state index is 0.00240. The highest BCUT2D eigenvalue weighted by atomic mass is 31.2. The van der Waals surface area contributed by atoms with E-state index in [0.29, 0.717) is 17.4 Å². The number of aliphatic hydroxyl groups is 1. The topological polar surface area (TPSA) is 108 Å². The normalized spacial score (nSPS) is 14.2. The van der Waals surface area contributed by atoms with Crippen molar-refractivity contribution < 1.29 is 32.9 Å². The first-order chi connectivity index (χ1) is 29.0. The third-order valence-corrected chi connectivity index (χ3v) is 13.0. The zero-order valence-corrected chi connectivity index (χ0v) is 41.6. The van der Waals surface area contributed by atoms with Gasteiger partial charge in [-0.1, -0.05) is 244 Å². The highest BCUT2D eigenvalue weighted by Gasteiger charge is 2.23. The van der Waals surface area contributed by atoms with Crippen LogP contribution >= 0.6 is 7.82 Å². The molecule has 3 unspecified atom stereocenters. The van der Waals surface area contributed by atoms with E-state index in [-0.39, 0.29) is 19.1 Å². The maximum absolute atomic E-state index is 12.9. The van der Waals surface area contributed by atoms with Gasteiger partial charge in [0.15, 0.2) is 0 Å². The molecule has 60 heavy (non-hydrogen) atoms. The van der Waals surface area contributed by atoms with Gasteiger partial charge in [-0.3, -0.25) is 9.36 Å². The van der Waals surface area contributed by atoms with Gasteiger partial charge in [0.05, 0.1) is 39.9 Å². The van der Waals surface area contributed by atoms with E-state index in [1.54, 1.807) is 6.08 Å². The van der Waals surface area contributed by atoms with Gasteiger partial charge in [-0.05, 0) is 19.3 Å². The highest BCUT2D eigenvalue weighted by Crippen LogP contribution is 2.38. The van der Waals surface area contributed by atoms with Crippen LogP contribution in [-0.4, -0.2) is 68.5 Å². The van der Waals surface area contributed by atoms with Gasteiger partial charge in [0.25, 0.3) is 7.82 Å². The number of unbranched alkanes of at least 4 members (excludes halogenated alkanes) is 35. The molecule has 0 aliphatic rings. The predicted octanol–water partition coefficient (Wildman–Crippen LogP) is 14.5. The monoisotopic (exact) mass is 871 g/mol. The summed E-state index contributed by atoms with van der Waals surface area (Å²) in [5, 5.41) is 13.8. The van der Waals surface area contributed by atoms with Crippen molar-refractivity contribution in [2.24, 2.45) is 0 Å². The molecule has 0 heterocycles. The molecule has 0 saturated carbocycles. The predicted molar refractivity (Wildman–Crippen MR) is 256 cm³/mol. The molecule has 0 aliphatic heterocycles. The standard InChI is InChI=1S/C51H103N2O6P/c1-6-8-10-12-14-16-18-20-22-23-24-25-26-27-28-29-31-33-35-37-39-41-43-45-51(55)52-49(48-59-60(56,57)58-47-46-53(3,4)5)50(54)44-42-40-38-36-34-32-30-21-19-17-15-13-11-9-7-2/h42,44,49-50,54H,6-41,43,45-48H2,1-5H3,(H-,52,55,56,57)/b44-42+. The van der Waals surface area contributed by atoms with Crippen LogP contribution in [0.25, 0.3) is 0 Å². The maximum atomic E-state index is 12.9. The fourth-order valence-electron chi connectivity index (χ4n) is 7.86. The molecule has 0 aromatic heterocycles. The van der Waals surface area contributed by atoms with Crippen LogP contribution in [0.4, 0.5) is 0 Å². The van der Waals surface area contributed by atoms with Crippen molar-refractivity contribution in [2.75, 3.05) is 40.9 Å². The Kier molecular flexibility index (Phi) is 42.9. The van der Waals surface area contributed by atoms with E-state index in [1.165, 1.54) is 199 Å². The molecular weight excluding hydrogens is 768 g/mol. The highest BCUT2D eigenvalue weighted by molar-refractivity contribution is 7.45. The molecular formula is C51H103N2O6P. The van der Waals surface area contributed by atoms with Crippen LogP contribution in [0.15, 0.2) is 12.2 Å². The molecule has 0 rings (SSSR count). The number of amides is 1. The lowest BCUT2D eigenvalue weighted by molar-refractivity contribution is -0.870. The van der Waals surface area contributed by atoms with Gasteiger partial charge >= 0.3 is 0 Å². The summed E-state index contributed by atoms with van der Waals surface area (Å²) >= 11 is 0. The first-order valence-corrected chi connectivity index (χ1v) is 27.5. The molecule has 0 aliphatic carbocycles. The lowest BCUT2D eigenvalue weighted by atomic mass is 10.0. The number of allylic oxidation sites excluding steroid dienone is 1. The number of carbonyl (C=O) groups excluding carboxylic acids is 1. The van der Waals surface area contributed by atoms with Gasteiger partial charge in [0.2, 0.25) is 5.91 Å². The minimum Gasteiger partial charge on any atom is -0.756 e. The number of phosphoric ester groups is 1. The molecule has 0 spiro atoms. The van der Waals surface area contributed by atoms with E-state index in [1.807, 2.05) is 27.2 Å². The number of hydrogen-bond acceptors (Lipinski definition) is 6. The van der Waals surface area contributed by atoms with Gasteiger partial charge in [-0.15, -0.1) is 0 Å². The Balaban J connectivity index is 4.21. The molecule has 9 heteroatoms. The maximum Gasteiger partial charge on any atom is 0.268 e. The third-order valence-electron chi connectivity index (χ3n) is 12.0. The molecule has 2 N–H and O–H groups in total.